The van der Waals surface area contributed by atoms with E-state index in [1.807, 2.05) is 48.5 Å². The highest BCUT2D eigenvalue weighted by Crippen LogP contribution is 2.24. The summed E-state index contributed by atoms with van der Waals surface area (Å²) in [6.45, 7) is 17.1. The molecule has 3 N–H and O–H groups in total. The molecule has 1 saturated heterocycles. The van der Waals surface area contributed by atoms with Crippen molar-refractivity contribution in [1.82, 2.24) is 36.0 Å². The van der Waals surface area contributed by atoms with Crippen LogP contribution in [0.25, 0.3) is 0 Å². The normalized spacial score (nSPS) is 16.4. The molecular formula is C35H52ClN7O6. The number of ketones is 1. The van der Waals surface area contributed by atoms with Gasteiger partial charge in [-0.1, -0.05) is 66.5 Å². The van der Waals surface area contributed by atoms with Crippen LogP contribution in [0, 0.1) is 11.8 Å². The zero-order valence-electron chi connectivity index (χ0n) is 30.2. The van der Waals surface area contributed by atoms with E-state index >= 15 is 0 Å². The summed E-state index contributed by atoms with van der Waals surface area (Å²) in [4.78, 5) is 71.8. The average Bonchev–Trinajstić information content (AvgIpc) is 3.71. The van der Waals surface area contributed by atoms with Crippen molar-refractivity contribution < 1.29 is 28.4 Å². The number of nitrogens with one attached hydrogen (secondary N) is 3. The molecule has 13 nitrogen and oxygen atoms in total. The number of rotatable bonds is 15. The Bertz CT molecular complexity index is 1500. The average molecular weight is 702 g/mol. The number of likely N-dealkylation sites (tertiary alicyclic amines) is 1. The molecule has 49 heavy (non-hydrogen) atoms. The Morgan fingerprint density at radius 1 is 0.980 bits per heavy atom. The third-order valence-corrected chi connectivity index (χ3v) is 8.71. The van der Waals surface area contributed by atoms with E-state index in [4.69, 9.17) is 16.0 Å². The number of carbonyl (C=O) groups is 5. The molecular weight excluding hydrogens is 650 g/mol. The largest absolute Gasteiger partial charge is 0.418 e. The number of aromatic nitrogens is 3. The predicted octanol–water partition coefficient (Wildman–Crippen LogP) is 4.64. The van der Waals surface area contributed by atoms with E-state index in [1.165, 1.54) is 17.2 Å². The Morgan fingerprint density at radius 3 is 2.24 bits per heavy atom. The van der Waals surface area contributed by atoms with Crippen molar-refractivity contribution in [2.45, 2.75) is 130 Å². The summed E-state index contributed by atoms with van der Waals surface area (Å²) in [5.41, 5.74) is -0.755. The van der Waals surface area contributed by atoms with Crippen LogP contribution in [-0.4, -0.2) is 79.7 Å². The van der Waals surface area contributed by atoms with Crippen molar-refractivity contribution in [3.63, 3.8) is 0 Å². The van der Waals surface area contributed by atoms with Gasteiger partial charge in [0.15, 0.2) is 0 Å². The minimum Gasteiger partial charge on any atom is -0.418 e. The van der Waals surface area contributed by atoms with Gasteiger partial charge in [-0.15, -0.1) is 10.2 Å². The molecule has 0 aliphatic carbocycles. The summed E-state index contributed by atoms with van der Waals surface area (Å²) in [6.07, 6.45) is 4.55. The van der Waals surface area contributed by atoms with Gasteiger partial charge in [0.2, 0.25) is 29.4 Å². The lowest BCUT2D eigenvalue weighted by atomic mass is 9.96. The maximum absolute atomic E-state index is 13.8. The summed E-state index contributed by atoms with van der Waals surface area (Å²) in [6, 6.07) is 0.571. The second kappa shape index (κ2) is 16.7. The fourth-order valence-corrected chi connectivity index (χ4v) is 5.76. The van der Waals surface area contributed by atoms with Crippen LogP contribution in [0.4, 0.5) is 0 Å². The monoisotopic (exact) mass is 701 g/mol. The van der Waals surface area contributed by atoms with Gasteiger partial charge in [0.1, 0.15) is 17.8 Å². The number of nitrogens with zero attached hydrogens (tertiary/aromatic N) is 4. The van der Waals surface area contributed by atoms with Crippen molar-refractivity contribution in [3.05, 3.63) is 40.8 Å². The Kier molecular flexibility index (Phi) is 13.5. The number of unbranched alkanes of at least 4 members (excludes halogenated alkanes) is 1. The smallest absolute Gasteiger partial charge is 0.286 e. The Morgan fingerprint density at radius 2 is 1.65 bits per heavy atom. The molecule has 1 aliphatic heterocycles. The van der Waals surface area contributed by atoms with E-state index in [-0.39, 0.29) is 47.6 Å². The third-order valence-electron chi connectivity index (χ3n) is 8.47. The van der Waals surface area contributed by atoms with E-state index in [2.05, 4.69) is 31.1 Å². The van der Waals surface area contributed by atoms with Gasteiger partial charge in [-0.05, 0) is 63.5 Å². The van der Waals surface area contributed by atoms with E-state index in [0.717, 1.165) is 0 Å². The first-order valence-corrected chi connectivity index (χ1v) is 17.4. The molecule has 0 unspecified atom stereocenters. The molecule has 3 heterocycles. The lowest BCUT2D eigenvalue weighted by molar-refractivity contribution is -0.142. The second-order valence-corrected chi connectivity index (χ2v) is 15.6. The minimum absolute atomic E-state index is 0.172. The number of pyridine rings is 1. The van der Waals surface area contributed by atoms with E-state index in [9.17, 15) is 24.0 Å². The highest BCUT2D eigenvalue weighted by atomic mass is 35.5. The minimum atomic E-state index is -0.925. The number of hydrogen-bond donors (Lipinski definition) is 3. The fraction of sp³-hybridized carbons (Fsp3) is 0.657. The molecule has 0 saturated carbocycles. The molecule has 3 rings (SSSR count). The van der Waals surface area contributed by atoms with Crippen LogP contribution in [-0.2, 0) is 19.8 Å². The van der Waals surface area contributed by atoms with E-state index in [1.54, 1.807) is 19.9 Å². The van der Waals surface area contributed by atoms with Gasteiger partial charge >= 0.3 is 0 Å². The first-order valence-electron chi connectivity index (χ1n) is 17.0. The van der Waals surface area contributed by atoms with Gasteiger partial charge in [-0.2, -0.15) is 0 Å². The number of amides is 4. The first-order chi connectivity index (χ1) is 22.8. The fourth-order valence-electron chi connectivity index (χ4n) is 5.60. The highest BCUT2D eigenvalue weighted by molar-refractivity contribution is 6.30. The van der Waals surface area contributed by atoms with Crippen molar-refractivity contribution in [2.24, 2.45) is 11.8 Å². The van der Waals surface area contributed by atoms with Crippen LogP contribution >= 0.6 is 11.6 Å². The zero-order chi connectivity index (χ0) is 36.7. The van der Waals surface area contributed by atoms with E-state index < -0.39 is 40.8 Å². The summed E-state index contributed by atoms with van der Waals surface area (Å²) >= 11 is 5.98. The van der Waals surface area contributed by atoms with Gasteiger partial charge < -0.3 is 25.3 Å². The molecule has 1 fully saturated rings. The summed E-state index contributed by atoms with van der Waals surface area (Å²) in [5, 5.41) is 17.0. The summed E-state index contributed by atoms with van der Waals surface area (Å²) in [7, 11) is 0. The van der Waals surface area contributed by atoms with Crippen molar-refractivity contribution >= 4 is 41.0 Å². The SMILES string of the molecule is CC(C)[C@H](NC(=O)[C@H]1CCCN1C(=O)[C@@H](NC(=O)CCCCC(C)(C)NC(=O)c1cc(Cl)ccn1)C(C)C)C(=O)c1nnc(C(C)(C)C)o1. The lowest BCUT2D eigenvalue weighted by Gasteiger charge is -2.31. The molecule has 2 aromatic rings. The Hall–Kier alpha value is -3.87. The van der Waals surface area contributed by atoms with Crippen LogP contribution in [0.15, 0.2) is 22.7 Å². The number of carbonyl (C=O) groups excluding carboxylic acids is 5. The maximum atomic E-state index is 13.8. The molecule has 0 radical (unpaired) electrons. The molecule has 14 heteroatoms. The van der Waals surface area contributed by atoms with Gasteiger partial charge in [0.25, 0.3) is 11.8 Å². The van der Waals surface area contributed by atoms with Gasteiger partial charge in [-0.25, -0.2) is 0 Å². The number of Topliss-reactive ketones (excluding diaryl/α,β-unsaturated/α-hetero) is 1. The van der Waals surface area contributed by atoms with Crippen LogP contribution in [0.2, 0.25) is 5.02 Å². The van der Waals surface area contributed by atoms with E-state index in [0.29, 0.717) is 49.6 Å². The van der Waals surface area contributed by atoms with Gasteiger partial charge in [0.05, 0.1) is 6.04 Å². The summed E-state index contributed by atoms with van der Waals surface area (Å²) < 4.78 is 5.64. The van der Waals surface area contributed by atoms with Crippen LogP contribution in [0.3, 0.4) is 0 Å². The molecule has 0 aromatic carbocycles. The molecule has 0 bridgehead atoms. The molecule has 3 atom stereocenters. The van der Waals surface area contributed by atoms with Crippen molar-refractivity contribution in [1.29, 1.82) is 0 Å². The highest BCUT2D eigenvalue weighted by Gasteiger charge is 2.41. The Labute approximate surface area is 294 Å². The molecule has 4 amide bonds. The van der Waals surface area contributed by atoms with Crippen LogP contribution < -0.4 is 16.0 Å². The third kappa shape index (κ3) is 11.1. The van der Waals surface area contributed by atoms with Crippen LogP contribution in [0.5, 0.6) is 0 Å². The quantitative estimate of drug-likeness (QED) is 0.176. The van der Waals surface area contributed by atoms with Gasteiger partial charge in [-0.3, -0.25) is 29.0 Å². The van der Waals surface area contributed by atoms with Crippen LogP contribution in [0.1, 0.15) is 128 Å². The molecule has 0 spiro atoms. The summed E-state index contributed by atoms with van der Waals surface area (Å²) in [5.74, 6) is -2.22. The van der Waals surface area contributed by atoms with Crippen molar-refractivity contribution in [3.8, 4) is 0 Å². The standard InChI is InChI=1S/C35H52ClN7O6/c1-20(2)26(28(45)31-41-42-33(49-31)34(5,6)7)39-30(47)24-13-12-18-43(24)32(48)27(21(3)4)38-25(44)14-10-11-16-35(8,9)40-29(46)23-19-22(36)15-17-37-23/h15,17,19-21,24,26-27H,10-14,16,18H2,1-9H3,(H,38,44)(H,39,47)(H,40,46)/t24-,26+,27+/m1/s1. The lowest BCUT2D eigenvalue weighted by Crippen LogP contribution is -2.57. The molecule has 1 aliphatic rings. The molecule has 270 valence electrons. The maximum Gasteiger partial charge on any atom is 0.286 e. The van der Waals surface area contributed by atoms with Crippen molar-refractivity contribution in [2.75, 3.05) is 6.54 Å². The molecule has 2 aromatic heterocycles. The number of hydrogen-bond acceptors (Lipinski definition) is 9. The zero-order valence-corrected chi connectivity index (χ0v) is 30.9. The topological polar surface area (TPSA) is 176 Å². The number of halogens is 1. The van der Waals surface area contributed by atoms with Gasteiger partial charge in [0, 0.05) is 35.1 Å². The predicted molar refractivity (Wildman–Crippen MR) is 185 cm³/mol. The Balaban J connectivity index is 1.56. The first kappa shape index (κ1) is 39.6. The second-order valence-electron chi connectivity index (χ2n) is 15.1.